The largest absolute Gasteiger partial charge is 0.507 e. The molecular formula is C47H54O11. The number of unbranched alkanes of at least 4 members (excludes halogenated alkanes) is 3. The third kappa shape index (κ3) is 13.8. The number of phenols is 1. The van der Waals surface area contributed by atoms with E-state index in [0.29, 0.717) is 54.4 Å². The van der Waals surface area contributed by atoms with Crippen LogP contribution in [0.3, 0.4) is 0 Å². The second kappa shape index (κ2) is 20.9. The summed E-state index contributed by atoms with van der Waals surface area (Å²) in [6.07, 6.45) is 4.90. The van der Waals surface area contributed by atoms with Crippen molar-refractivity contribution in [3.8, 4) is 28.7 Å². The molecule has 0 bridgehead atoms. The van der Waals surface area contributed by atoms with Gasteiger partial charge in [0.05, 0.1) is 43.1 Å². The molecule has 4 aromatic rings. The lowest BCUT2D eigenvalue weighted by molar-refractivity contribution is -0.137. The maximum absolute atomic E-state index is 12.9. The molecule has 0 aliphatic carbocycles. The van der Waals surface area contributed by atoms with Crippen molar-refractivity contribution in [1.29, 1.82) is 0 Å². The zero-order chi connectivity index (χ0) is 42.3. The van der Waals surface area contributed by atoms with E-state index in [-0.39, 0.29) is 34.7 Å². The normalized spacial score (nSPS) is 11.3. The first-order chi connectivity index (χ1) is 27.5. The zero-order valence-corrected chi connectivity index (χ0v) is 34.3. The summed E-state index contributed by atoms with van der Waals surface area (Å²) in [5.41, 5.74) is 1.89. The average molecular weight is 795 g/mol. The summed E-state index contributed by atoms with van der Waals surface area (Å²) in [5.74, 6) is -0.0229. The highest BCUT2D eigenvalue weighted by Crippen LogP contribution is 2.40. The first-order valence-electron chi connectivity index (χ1n) is 19.4. The lowest BCUT2D eigenvalue weighted by atomic mass is 9.78. The molecule has 0 unspecified atom stereocenters. The summed E-state index contributed by atoms with van der Waals surface area (Å²) in [5, 5.41) is 10.9. The number of ether oxygens (including phenoxy) is 6. The molecule has 0 aromatic heterocycles. The highest BCUT2D eigenvalue weighted by atomic mass is 16.5. The van der Waals surface area contributed by atoms with Gasteiger partial charge in [0, 0.05) is 23.6 Å². The van der Waals surface area contributed by atoms with Crippen LogP contribution in [0, 0.1) is 0 Å². The second-order valence-corrected chi connectivity index (χ2v) is 15.7. The number of rotatable bonds is 19. The fraction of sp³-hybridized carbons (Fsp3) is 0.362. The fourth-order valence-electron chi connectivity index (χ4n) is 5.65. The molecule has 4 aromatic carbocycles. The summed E-state index contributed by atoms with van der Waals surface area (Å²) in [4.78, 5) is 49.4. The van der Waals surface area contributed by atoms with Crippen molar-refractivity contribution >= 4 is 23.9 Å². The van der Waals surface area contributed by atoms with E-state index >= 15 is 0 Å². The van der Waals surface area contributed by atoms with E-state index < -0.39 is 23.9 Å². The van der Waals surface area contributed by atoms with Gasteiger partial charge in [0.25, 0.3) is 0 Å². The molecule has 0 spiro atoms. The predicted molar refractivity (Wildman–Crippen MR) is 220 cm³/mol. The highest BCUT2D eigenvalue weighted by molar-refractivity contribution is 5.92. The number of aromatic hydroxyl groups is 1. The minimum absolute atomic E-state index is 0.215. The van der Waals surface area contributed by atoms with Crippen LogP contribution in [0.5, 0.6) is 28.7 Å². The first-order valence-corrected chi connectivity index (χ1v) is 19.4. The molecule has 58 heavy (non-hydrogen) atoms. The Kier molecular flexibility index (Phi) is 16.1. The summed E-state index contributed by atoms with van der Waals surface area (Å²) < 4.78 is 32.8. The second-order valence-electron chi connectivity index (χ2n) is 15.7. The smallest absolute Gasteiger partial charge is 0.343 e. The monoisotopic (exact) mass is 794 g/mol. The van der Waals surface area contributed by atoms with Crippen molar-refractivity contribution in [2.45, 2.75) is 84.5 Å². The SMILES string of the molecule is C=CC(=O)OCCCOc1ccc(C(=O)Oc2ccc(OC(=O)c3ccc(OCCCCCCOC(=O)c4cc(C(C)(C)C)c(O)c(C(C)(C)C)c4)cc3)cc2)cc1. The number of hydrogen-bond acceptors (Lipinski definition) is 11. The van der Waals surface area contributed by atoms with Crippen molar-refractivity contribution < 1.29 is 52.7 Å². The number of benzene rings is 4. The summed E-state index contributed by atoms with van der Waals surface area (Å²) in [6.45, 7) is 16.7. The highest BCUT2D eigenvalue weighted by Gasteiger charge is 2.28. The number of hydrogen-bond donors (Lipinski definition) is 1. The van der Waals surface area contributed by atoms with Crippen molar-refractivity contribution in [2.24, 2.45) is 0 Å². The summed E-state index contributed by atoms with van der Waals surface area (Å²) >= 11 is 0. The van der Waals surface area contributed by atoms with Gasteiger partial charge in [-0.2, -0.15) is 0 Å². The average Bonchev–Trinajstić information content (AvgIpc) is 3.18. The van der Waals surface area contributed by atoms with Crippen molar-refractivity contribution in [3.63, 3.8) is 0 Å². The lowest BCUT2D eigenvalue weighted by Gasteiger charge is -2.28. The van der Waals surface area contributed by atoms with Gasteiger partial charge in [-0.3, -0.25) is 0 Å². The Bertz CT molecular complexity index is 1970. The lowest BCUT2D eigenvalue weighted by Crippen LogP contribution is -2.19. The maximum Gasteiger partial charge on any atom is 0.343 e. The van der Waals surface area contributed by atoms with E-state index in [9.17, 15) is 24.3 Å². The van der Waals surface area contributed by atoms with Gasteiger partial charge in [-0.15, -0.1) is 0 Å². The van der Waals surface area contributed by atoms with E-state index in [0.717, 1.165) is 42.9 Å². The summed E-state index contributed by atoms with van der Waals surface area (Å²) in [6, 6.07) is 22.7. The van der Waals surface area contributed by atoms with Gasteiger partial charge in [-0.05, 0) is 121 Å². The number of esters is 4. The van der Waals surface area contributed by atoms with Gasteiger partial charge in [-0.1, -0.05) is 48.1 Å². The van der Waals surface area contributed by atoms with Gasteiger partial charge in [0.15, 0.2) is 0 Å². The van der Waals surface area contributed by atoms with Gasteiger partial charge >= 0.3 is 23.9 Å². The molecule has 11 nitrogen and oxygen atoms in total. The number of carbonyl (C=O) groups excluding carboxylic acids is 4. The van der Waals surface area contributed by atoms with Crippen LogP contribution in [0.4, 0.5) is 0 Å². The Hall–Kier alpha value is -6.10. The van der Waals surface area contributed by atoms with Gasteiger partial charge in [0.1, 0.15) is 28.7 Å². The molecule has 308 valence electrons. The number of phenolic OH excluding ortho intramolecular Hbond substituents is 1. The van der Waals surface area contributed by atoms with Crippen LogP contribution in [-0.2, 0) is 25.1 Å². The molecule has 4 rings (SSSR count). The number of carbonyl (C=O) groups is 4. The van der Waals surface area contributed by atoms with E-state index in [1.165, 1.54) is 24.3 Å². The molecule has 11 heteroatoms. The molecule has 0 saturated heterocycles. The molecule has 1 N–H and O–H groups in total. The third-order valence-electron chi connectivity index (χ3n) is 8.90. The van der Waals surface area contributed by atoms with Crippen LogP contribution in [0.25, 0.3) is 0 Å². The third-order valence-corrected chi connectivity index (χ3v) is 8.90. The Balaban J connectivity index is 1.12. The molecule has 0 radical (unpaired) electrons. The minimum atomic E-state index is -0.565. The predicted octanol–water partition coefficient (Wildman–Crippen LogP) is 9.72. The minimum Gasteiger partial charge on any atom is -0.507 e. The summed E-state index contributed by atoms with van der Waals surface area (Å²) in [7, 11) is 0. The Morgan fingerprint density at radius 3 is 1.34 bits per heavy atom. The van der Waals surface area contributed by atoms with Crippen molar-refractivity contribution in [2.75, 3.05) is 26.4 Å². The molecule has 0 heterocycles. The van der Waals surface area contributed by atoms with Crippen LogP contribution >= 0.6 is 0 Å². The quantitative estimate of drug-likeness (QED) is 0.0419. The van der Waals surface area contributed by atoms with Crippen LogP contribution in [0.2, 0.25) is 0 Å². The van der Waals surface area contributed by atoms with E-state index in [1.807, 2.05) is 41.5 Å². The van der Waals surface area contributed by atoms with Crippen LogP contribution < -0.4 is 18.9 Å². The van der Waals surface area contributed by atoms with Gasteiger partial charge < -0.3 is 33.5 Å². The standard InChI is InChI=1S/C47H54O11/c1-8-41(48)55-29-13-28-54-36-20-16-33(17-21-36)45(52)58-38-24-22-37(23-25-38)57-44(51)32-14-18-35(19-15-32)53-26-11-9-10-12-27-56-43(50)34-30-39(46(2,3)4)42(49)40(31-34)47(5,6)7/h8,14-25,30-31,49H,1,9-13,26-29H2,2-7H3. The Morgan fingerprint density at radius 2 is 0.914 bits per heavy atom. The van der Waals surface area contributed by atoms with E-state index in [4.69, 9.17) is 28.4 Å². The first kappa shape index (κ1) is 44.6. The Morgan fingerprint density at radius 1 is 0.517 bits per heavy atom. The molecule has 0 amide bonds. The fourth-order valence-corrected chi connectivity index (χ4v) is 5.65. The van der Waals surface area contributed by atoms with Gasteiger partial charge in [0.2, 0.25) is 0 Å². The topological polar surface area (TPSA) is 144 Å². The zero-order valence-electron chi connectivity index (χ0n) is 34.3. The molecular weight excluding hydrogens is 741 g/mol. The Labute approximate surface area is 340 Å². The van der Waals surface area contributed by atoms with Crippen LogP contribution in [-0.4, -0.2) is 55.4 Å². The van der Waals surface area contributed by atoms with Crippen LogP contribution in [0.15, 0.2) is 97.6 Å². The molecule has 0 fully saturated rings. The maximum atomic E-state index is 12.9. The molecule has 0 saturated carbocycles. The molecule has 0 aliphatic rings. The molecule has 0 aliphatic heterocycles. The molecule has 0 atom stereocenters. The van der Waals surface area contributed by atoms with Crippen LogP contribution in [0.1, 0.15) is 116 Å². The van der Waals surface area contributed by atoms with Crippen molar-refractivity contribution in [1.82, 2.24) is 0 Å². The van der Waals surface area contributed by atoms with Gasteiger partial charge in [-0.25, -0.2) is 19.2 Å². The van der Waals surface area contributed by atoms with Crippen molar-refractivity contribution in [3.05, 3.63) is 125 Å². The van der Waals surface area contributed by atoms with E-state index in [2.05, 4.69) is 6.58 Å². The van der Waals surface area contributed by atoms with E-state index in [1.54, 1.807) is 60.7 Å².